The summed E-state index contributed by atoms with van der Waals surface area (Å²) in [7, 11) is 0. The predicted octanol–water partition coefficient (Wildman–Crippen LogP) is 3.39. The van der Waals surface area contributed by atoms with Crippen molar-refractivity contribution in [2.75, 3.05) is 13.1 Å². The van der Waals surface area contributed by atoms with E-state index in [0.717, 1.165) is 32.5 Å². The molecule has 1 saturated heterocycles. The summed E-state index contributed by atoms with van der Waals surface area (Å²) in [6.45, 7) is 2.64. The first-order valence-electron chi connectivity index (χ1n) is 8.48. The molecule has 1 aliphatic rings. The molecule has 0 aromatic heterocycles. The molecule has 4 heteroatoms. The smallest absolute Gasteiger partial charge is 0.404 e. The lowest BCUT2D eigenvalue weighted by Crippen LogP contribution is -2.50. The van der Waals surface area contributed by atoms with E-state index in [0.29, 0.717) is 5.92 Å². The molecule has 0 aliphatic carbocycles. The van der Waals surface area contributed by atoms with Gasteiger partial charge in [0, 0.05) is 25.7 Å². The van der Waals surface area contributed by atoms with Crippen molar-refractivity contribution in [1.82, 2.24) is 10.2 Å². The van der Waals surface area contributed by atoms with E-state index in [1.807, 2.05) is 24.3 Å². The Balaban J connectivity index is 1.68. The van der Waals surface area contributed by atoms with Crippen LogP contribution in [0, 0.1) is 5.92 Å². The van der Waals surface area contributed by atoms with E-state index >= 15 is 0 Å². The minimum atomic E-state index is -0.931. The van der Waals surface area contributed by atoms with Crippen LogP contribution in [-0.2, 0) is 13.0 Å². The average molecular weight is 324 g/mol. The summed E-state index contributed by atoms with van der Waals surface area (Å²) in [6, 6.07) is 20.8. The number of nitrogens with one attached hydrogen (secondary N) is 1. The zero-order valence-corrected chi connectivity index (χ0v) is 13.8. The lowest BCUT2D eigenvalue weighted by molar-refractivity contribution is 0.126. The van der Waals surface area contributed by atoms with Gasteiger partial charge in [-0.05, 0) is 29.9 Å². The van der Waals surface area contributed by atoms with Gasteiger partial charge in [-0.25, -0.2) is 4.79 Å². The summed E-state index contributed by atoms with van der Waals surface area (Å²) >= 11 is 0. The first-order valence-corrected chi connectivity index (χ1v) is 8.48. The molecule has 1 heterocycles. The number of carboxylic acid groups (broad SMARTS) is 1. The molecule has 0 spiro atoms. The normalized spacial score (nSPS) is 21.3. The van der Waals surface area contributed by atoms with Crippen molar-refractivity contribution in [1.29, 1.82) is 0 Å². The third kappa shape index (κ3) is 4.83. The molecule has 4 nitrogen and oxygen atoms in total. The van der Waals surface area contributed by atoms with E-state index in [4.69, 9.17) is 5.11 Å². The molecule has 2 N–H and O–H groups in total. The second-order valence-electron chi connectivity index (χ2n) is 6.62. The molecule has 0 bridgehead atoms. The molecular weight excluding hydrogens is 300 g/mol. The molecule has 1 unspecified atom stereocenters. The molecule has 2 aromatic rings. The van der Waals surface area contributed by atoms with Gasteiger partial charge in [0.15, 0.2) is 0 Å². The first-order chi connectivity index (χ1) is 11.7. The van der Waals surface area contributed by atoms with Crippen LogP contribution in [0.3, 0.4) is 0 Å². The Bertz CT molecular complexity index is 596. The molecule has 126 valence electrons. The largest absolute Gasteiger partial charge is 0.465 e. The summed E-state index contributed by atoms with van der Waals surface area (Å²) in [5, 5.41) is 11.8. The maximum atomic E-state index is 11.1. The Labute approximate surface area is 143 Å². The molecule has 1 aliphatic heterocycles. The number of hydrogen-bond acceptors (Lipinski definition) is 2. The highest BCUT2D eigenvalue weighted by atomic mass is 16.4. The molecular formula is C20H24N2O2. The van der Waals surface area contributed by atoms with Crippen molar-refractivity contribution in [2.24, 2.45) is 5.92 Å². The molecule has 1 fully saturated rings. The fourth-order valence-corrected chi connectivity index (χ4v) is 3.65. The molecule has 24 heavy (non-hydrogen) atoms. The van der Waals surface area contributed by atoms with Gasteiger partial charge in [0.05, 0.1) is 0 Å². The van der Waals surface area contributed by atoms with Gasteiger partial charge < -0.3 is 10.4 Å². The molecule has 2 atom stereocenters. The number of hydrogen-bond donors (Lipinski definition) is 2. The van der Waals surface area contributed by atoms with E-state index in [2.05, 4.69) is 46.6 Å². The van der Waals surface area contributed by atoms with Gasteiger partial charge in [-0.15, -0.1) is 0 Å². The molecule has 0 saturated carbocycles. The summed E-state index contributed by atoms with van der Waals surface area (Å²) in [5.41, 5.74) is 2.59. The van der Waals surface area contributed by atoms with Crippen LogP contribution in [0.5, 0.6) is 0 Å². The third-order valence-corrected chi connectivity index (χ3v) is 4.56. The van der Waals surface area contributed by atoms with E-state index in [9.17, 15) is 4.79 Å². The molecule has 1 amide bonds. The van der Waals surface area contributed by atoms with Gasteiger partial charge in [0.1, 0.15) is 0 Å². The van der Waals surface area contributed by atoms with Crippen LogP contribution in [0.15, 0.2) is 60.7 Å². The zero-order valence-electron chi connectivity index (χ0n) is 13.8. The topological polar surface area (TPSA) is 52.6 Å². The van der Waals surface area contributed by atoms with E-state index in [1.165, 1.54) is 11.1 Å². The first kappa shape index (κ1) is 16.5. The van der Waals surface area contributed by atoms with Gasteiger partial charge in [0.2, 0.25) is 0 Å². The molecule has 3 rings (SSSR count). The Morgan fingerprint density at radius 2 is 1.62 bits per heavy atom. The van der Waals surface area contributed by atoms with E-state index < -0.39 is 6.09 Å². The average Bonchev–Trinajstić information content (AvgIpc) is 2.56. The van der Waals surface area contributed by atoms with Gasteiger partial charge in [-0.3, -0.25) is 4.90 Å². The number of rotatable bonds is 5. The number of amides is 1. The van der Waals surface area contributed by atoms with Crippen LogP contribution < -0.4 is 5.32 Å². The Hall–Kier alpha value is -2.33. The summed E-state index contributed by atoms with van der Waals surface area (Å²) in [5.74, 6) is 0.460. The SMILES string of the molecule is O=C(O)N[C@H]1CC(Cc2ccccc2)CN(Cc2ccccc2)C1. The monoisotopic (exact) mass is 324 g/mol. The Morgan fingerprint density at radius 1 is 1.00 bits per heavy atom. The van der Waals surface area contributed by atoms with Gasteiger partial charge >= 0.3 is 6.09 Å². The zero-order chi connectivity index (χ0) is 16.8. The highest BCUT2D eigenvalue weighted by molar-refractivity contribution is 5.64. The fraction of sp³-hybridized carbons (Fsp3) is 0.350. The predicted molar refractivity (Wildman–Crippen MR) is 94.9 cm³/mol. The van der Waals surface area contributed by atoms with Gasteiger partial charge in [-0.1, -0.05) is 60.7 Å². The maximum Gasteiger partial charge on any atom is 0.404 e. The van der Waals surface area contributed by atoms with Crippen LogP contribution in [0.2, 0.25) is 0 Å². The third-order valence-electron chi connectivity index (χ3n) is 4.56. The lowest BCUT2D eigenvalue weighted by atomic mass is 9.88. The highest BCUT2D eigenvalue weighted by Crippen LogP contribution is 2.23. The van der Waals surface area contributed by atoms with Crippen LogP contribution in [0.25, 0.3) is 0 Å². The molecule has 2 aromatic carbocycles. The van der Waals surface area contributed by atoms with Crippen LogP contribution in [0.4, 0.5) is 4.79 Å². The van der Waals surface area contributed by atoms with Crippen LogP contribution >= 0.6 is 0 Å². The van der Waals surface area contributed by atoms with Crippen LogP contribution in [-0.4, -0.2) is 35.2 Å². The number of carbonyl (C=O) groups is 1. The van der Waals surface area contributed by atoms with Crippen LogP contribution in [0.1, 0.15) is 17.5 Å². The standard InChI is InChI=1S/C20H24N2O2/c23-20(24)21-19-12-18(11-16-7-3-1-4-8-16)14-22(15-19)13-17-9-5-2-6-10-17/h1-10,18-19,21H,11-15H2,(H,23,24)/t18?,19-/m0/s1. The minimum Gasteiger partial charge on any atom is -0.465 e. The Morgan fingerprint density at radius 3 is 2.25 bits per heavy atom. The van der Waals surface area contributed by atoms with Crippen molar-refractivity contribution in [3.05, 3.63) is 71.8 Å². The quantitative estimate of drug-likeness (QED) is 0.886. The van der Waals surface area contributed by atoms with E-state index in [-0.39, 0.29) is 6.04 Å². The Kier molecular flexibility index (Phi) is 5.49. The minimum absolute atomic E-state index is 0.00586. The van der Waals surface area contributed by atoms with Crippen molar-refractivity contribution in [3.63, 3.8) is 0 Å². The maximum absolute atomic E-state index is 11.1. The van der Waals surface area contributed by atoms with Gasteiger partial charge in [0.25, 0.3) is 0 Å². The fourth-order valence-electron chi connectivity index (χ4n) is 3.65. The second kappa shape index (κ2) is 7.97. The van der Waals surface area contributed by atoms with E-state index in [1.54, 1.807) is 0 Å². The van der Waals surface area contributed by atoms with Crippen molar-refractivity contribution >= 4 is 6.09 Å². The van der Waals surface area contributed by atoms with Crippen molar-refractivity contribution in [2.45, 2.75) is 25.4 Å². The summed E-state index contributed by atoms with van der Waals surface area (Å²) in [4.78, 5) is 13.4. The number of likely N-dealkylation sites (tertiary alicyclic amines) is 1. The summed E-state index contributed by atoms with van der Waals surface area (Å²) < 4.78 is 0. The highest BCUT2D eigenvalue weighted by Gasteiger charge is 2.28. The van der Waals surface area contributed by atoms with Gasteiger partial charge in [-0.2, -0.15) is 0 Å². The number of piperidine rings is 1. The number of benzene rings is 2. The second-order valence-corrected chi connectivity index (χ2v) is 6.62. The lowest BCUT2D eigenvalue weighted by Gasteiger charge is -2.38. The van der Waals surface area contributed by atoms with Crippen molar-refractivity contribution in [3.8, 4) is 0 Å². The number of nitrogens with zero attached hydrogens (tertiary/aromatic N) is 1. The summed E-state index contributed by atoms with van der Waals surface area (Å²) in [6.07, 6.45) is 0.955. The molecule has 0 radical (unpaired) electrons. The van der Waals surface area contributed by atoms with Crippen molar-refractivity contribution < 1.29 is 9.90 Å².